The number of hydrogen-bond acceptors (Lipinski definition) is 5. The molecule has 0 radical (unpaired) electrons. The molecule has 0 bridgehead atoms. The first kappa shape index (κ1) is 20.6. The molecule has 0 aromatic heterocycles. The Morgan fingerprint density at radius 1 is 1.07 bits per heavy atom. The number of rotatable bonds is 6. The van der Waals surface area contributed by atoms with Gasteiger partial charge in [-0.25, -0.2) is 8.42 Å². The van der Waals surface area contributed by atoms with Gasteiger partial charge in [0.15, 0.2) is 0 Å². The summed E-state index contributed by atoms with van der Waals surface area (Å²) in [6.07, 6.45) is 1.70. The lowest BCUT2D eigenvalue weighted by Gasteiger charge is -2.17. The summed E-state index contributed by atoms with van der Waals surface area (Å²) in [6.45, 7) is 1.01. The summed E-state index contributed by atoms with van der Waals surface area (Å²) in [5.41, 5.74) is 0.672. The van der Waals surface area contributed by atoms with E-state index in [1.807, 2.05) is 0 Å². The summed E-state index contributed by atoms with van der Waals surface area (Å²) in [4.78, 5) is 12.9. The second kappa shape index (κ2) is 8.50. The van der Waals surface area contributed by atoms with Gasteiger partial charge in [-0.3, -0.25) is 4.79 Å². The van der Waals surface area contributed by atoms with E-state index in [1.54, 1.807) is 24.3 Å². The first-order valence-corrected chi connectivity index (χ1v) is 10.9. The van der Waals surface area contributed by atoms with Gasteiger partial charge >= 0.3 is 0 Å². The number of halogens is 1. The molecule has 1 aliphatic heterocycles. The van der Waals surface area contributed by atoms with E-state index in [2.05, 4.69) is 21.2 Å². The molecular weight excluding hydrogens is 448 g/mol. The van der Waals surface area contributed by atoms with Crippen LogP contribution < -0.4 is 14.8 Å². The van der Waals surface area contributed by atoms with Crippen LogP contribution in [0.2, 0.25) is 0 Å². The van der Waals surface area contributed by atoms with E-state index in [9.17, 15) is 13.2 Å². The van der Waals surface area contributed by atoms with Crippen molar-refractivity contribution >= 4 is 37.5 Å². The number of anilines is 1. The molecule has 150 valence electrons. The van der Waals surface area contributed by atoms with Crippen molar-refractivity contribution in [1.82, 2.24) is 4.31 Å². The molecule has 0 spiro atoms. The third kappa shape index (κ3) is 4.16. The highest BCUT2D eigenvalue weighted by Gasteiger charge is 2.28. The molecule has 0 unspecified atom stereocenters. The van der Waals surface area contributed by atoms with Crippen LogP contribution in [-0.2, 0) is 10.0 Å². The second-order valence-electron chi connectivity index (χ2n) is 6.27. The molecule has 1 amide bonds. The third-order valence-corrected chi connectivity index (χ3v) is 7.13. The molecule has 1 fully saturated rings. The summed E-state index contributed by atoms with van der Waals surface area (Å²) in [7, 11) is -0.587. The van der Waals surface area contributed by atoms with E-state index in [0.717, 1.165) is 12.8 Å². The maximum Gasteiger partial charge on any atom is 0.256 e. The fourth-order valence-electron chi connectivity index (χ4n) is 3.01. The number of ether oxygens (including phenoxy) is 2. The minimum atomic E-state index is -3.61. The fourth-order valence-corrected chi connectivity index (χ4v) is 4.98. The third-order valence-electron chi connectivity index (χ3n) is 4.54. The Morgan fingerprint density at radius 3 is 2.43 bits per heavy atom. The summed E-state index contributed by atoms with van der Waals surface area (Å²) < 4.78 is 38.0. The maximum absolute atomic E-state index is 12.8. The zero-order valence-electron chi connectivity index (χ0n) is 15.6. The van der Waals surface area contributed by atoms with Crippen molar-refractivity contribution in [1.29, 1.82) is 0 Å². The molecule has 2 aromatic rings. The highest BCUT2D eigenvalue weighted by atomic mass is 79.9. The minimum absolute atomic E-state index is 0.101. The SMILES string of the molecule is COc1ccc(NC(=O)c2cc(S(=O)(=O)N3CCCC3)ccc2Br)c(OC)c1. The molecular formula is C19H21BrN2O5S. The summed E-state index contributed by atoms with van der Waals surface area (Å²) in [5.74, 6) is 0.577. The zero-order chi connectivity index (χ0) is 20.3. The normalized spacial score (nSPS) is 14.7. The number of nitrogens with zero attached hydrogens (tertiary/aromatic N) is 1. The lowest BCUT2D eigenvalue weighted by atomic mass is 10.2. The molecule has 3 rings (SSSR count). The number of hydrogen-bond donors (Lipinski definition) is 1. The number of amides is 1. The molecule has 0 atom stereocenters. The molecule has 2 aromatic carbocycles. The Bertz CT molecular complexity index is 988. The van der Waals surface area contributed by atoms with Crippen molar-refractivity contribution in [3.8, 4) is 11.5 Å². The maximum atomic E-state index is 12.8. The number of methoxy groups -OCH3 is 2. The fraction of sp³-hybridized carbons (Fsp3) is 0.316. The highest BCUT2D eigenvalue weighted by Crippen LogP contribution is 2.31. The van der Waals surface area contributed by atoms with Crippen molar-refractivity contribution in [2.75, 3.05) is 32.6 Å². The lowest BCUT2D eigenvalue weighted by Crippen LogP contribution is -2.28. The molecule has 1 saturated heterocycles. The Morgan fingerprint density at radius 2 is 1.79 bits per heavy atom. The van der Waals surface area contributed by atoms with Crippen molar-refractivity contribution in [3.63, 3.8) is 0 Å². The van der Waals surface area contributed by atoms with Crippen LogP contribution in [0.15, 0.2) is 45.8 Å². The topological polar surface area (TPSA) is 84.9 Å². The Kier molecular flexibility index (Phi) is 6.26. The molecule has 1 heterocycles. The van der Waals surface area contributed by atoms with E-state index < -0.39 is 15.9 Å². The van der Waals surface area contributed by atoms with Gasteiger partial charge in [-0.1, -0.05) is 0 Å². The summed E-state index contributed by atoms with van der Waals surface area (Å²) in [6, 6.07) is 9.48. The number of carbonyl (C=O) groups excluding carboxylic acids is 1. The van der Waals surface area contributed by atoms with Gasteiger partial charge in [-0.05, 0) is 59.1 Å². The summed E-state index contributed by atoms with van der Waals surface area (Å²) in [5, 5.41) is 2.76. The Hall–Kier alpha value is -2.10. The first-order chi connectivity index (χ1) is 13.4. The largest absolute Gasteiger partial charge is 0.497 e. The van der Waals surface area contributed by atoms with Gasteiger partial charge in [-0.15, -0.1) is 0 Å². The lowest BCUT2D eigenvalue weighted by molar-refractivity contribution is 0.102. The molecule has 1 N–H and O–H groups in total. The predicted octanol–water partition coefficient (Wildman–Crippen LogP) is 3.50. The number of carbonyl (C=O) groups is 1. The second-order valence-corrected chi connectivity index (χ2v) is 9.07. The van der Waals surface area contributed by atoms with Crippen LogP contribution in [0.1, 0.15) is 23.2 Å². The number of sulfonamides is 1. The van der Waals surface area contributed by atoms with Crippen LogP contribution in [0.25, 0.3) is 0 Å². The van der Waals surface area contributed by atoms with Crippen molar-refractivity contribution < 1.29 is 22.7 Å². The average Bonchev–Trinajstić information content (AvgIpc) is 3.24. The van der Waals surface area contributed by atoms with Gasteiger partial charge < -0.3 is 14.8 Å². The van der Waals surface area contributed by atoms with Crippen LogP contribution in [0.3, 0.4) is 0 Å². The van der Waals surface area contributed by atoms with Gasteiger partial charge in [0.25, 0.3) is 5.91 Å². The highest BCUT2D eigenvalue weighted by molar-refractivity contribution is 9.10. The van der Waals surface area contributed by atoms with Gasteiger partial charge in [0, 0.05) is 23.6 Å². The van der Waals surface area contributed by atoms with E-state index in [4.69, 9.17) is 9.47 Å². The van der Waals surface area contributed by atoms with Crippen molar-refractivity contribution in [3.05, 3.63) is 46.4 Å². The van der Waals surface area contributed by atoms with Crippen LogP contribution in [0.4, 0.5) is 5.69 Å². The Labute approximate surface area is 172 Å². The van der Waals surface area contributed by atoms with Crippen LogP contribution in [0.5, 0.6) is 11.5 Å². The van der Waals surface area contributed by atoms with E-state index in [1.165, 1.54) is 30.7 Å². The smallest absolute Gasteiger partial charge is 0.256 e. The van der Waals surface area contributed by atoms with E-state index in [-0.39, 0.29) is 10.5 Å². The standard InChI is InChI=1S/C19H21BrN2O5S/c1-26-13-5-8-17(18(11-13)27-2)21-19(23)15-12-14(6-7-16(15)20)28(24,25)22-9-3-4-10-22/h5-8,11-12H,3-4,9-10H2,1-2H3,(H,21,23). The zero-order valence-corrected chi connectivity index (χ0v) is 18.0. The van der Waals surface area contributed by atoms with Gasteiger partial charge in [0.2, 0.25) is 10.0 Å². The monoisotopic (exact) mass is 468 g/mol. The molecule has 9 heteroatoms. The van der Waals surface area contributed by atoms with Crippen LogP contribution >= 0.6 is 15.9 Å². The predicted molar refractivity (Wildman–Crippen MR) is 110 cm³/mol. The van der Waals surface area contributed by atoms with Gasteiger partial charge in [0.1, 0.15) is 11.5 Å². The molecule has 7 nitrogen and oxygen atoms in total. The van der Waals surface area contributed by atoms with E-state index in [0.29, 0.717) is 34.7 Å². The molecule has 28 heavy (non-hydrogen) atoms. The van der Waals surface area contributed by atoms with Crippen molar-refractivity contribution in [2.45, 2.75) is 17.7 Å². The quantitative estimate of drug-likeness (QED) is 0.700. The Balaban J connectivity index is 1.90. The average molecular weight is 469 g/mol. The van der Waals surface area contributed by atoms with Gasteiger partial charge in [-0.2, -0.15) is 4.31 Å². The van der Waals surface area contributed by atoms with Crippen LogP contribution in [-0.4, -0.2) is 45.9 Å². The first-order valence-electron chi connectivity index (χ1n) is 8.70. The van der Waals surface area contributed by atoms with Gasteiger partial charge in [0.05, 0.1) is 30.4 Å². The van der Waals surface area contributed by atoms with E-state index >= 15 is 0 Å². The molecule has 0 saturated carbocycles. The van der Waals surface area contributed by atoms with Crippen molar-refractivity contribution in [2.24, 2.45) is 0 Å². The number of nitrogens with one attached hydrogen (secondary N) is 1. The molecule has 0 aliphatic carbocycles. The number of benzene rings is 2. The molecule has 1 aliphatic rings. The summed E-state index contributed by atoms with van der Waals surface area (Å²) >= 11 is 3.33. The van der Waals surface area contributed by atoms with Crippen LogP contribution in [0, 0.1) is 0 Å². The minimum Gasteiger partial charge on any atom is -0.497 e.